The van der Waals surface area contributed by atoms with Crippen LogP contribution in [0.4, 0.5) is 4.79 Å². The van der Waals surface area contributed by atoms with Gasteiger partial charge in [-0.1, -0.05) is 18.2 Å². The van der Waals surface area contributed by atoms with Crippen LogP contribution in [0.3, 0.4) is 0 Å². The highest BCUT2D eigenvalue weighted by Gasteiger charge is 2.26. The minimum atomic E-state index is -1.18. The predicted molar refractivity (Wildman–Crippen MR) is 134 cm³/mol. The smallest absolute Gasteiger partial charge is 0.349 e. The number of amides is 2. The summed E-state index contributed by atoms with van der Waals surface area (Å²) in [4.78, 5) is 29.3. The first-order chi connectivity index (χ1) is 17.2. The molecule has 1 saturated heterocycles. The number of carboxylic acid groups (broad SMARTS) is 1. The number of urea groups is 1. The van der Waals surface area contributed by atoms with Crippen molar-refractivity contribution in [3.8, 4) is 11.5 Å². The maximum Gasteiger partial charge on any atom is 0.349 e. The van der Waals surface area contributed by atoms with Gasteiger partial charge >= 0.3 is 12.0 Å². The summed E-state index contributed by atoms with van der Waals surface area (Å²) in [6.07, 6.45) is 1.07. The van der Waals surface area contributed by atoms with Crippen LogP contribution in [0, 0.1) is 5.41 Å². The van der Waals surface area contributed by atoms with Crippen molar-refractivity contribution in [2.45, 2.75) is 38.0 Å². The molecule has 10 nitrogen and oxygen atoms in total. The van der Waals surface area contributed by atoms with Gasteiger partial charge < -0.3 is 35.0 Å². The van der Waals surface area contributed by atoms with Crippen molar-refractivity contribution in [2.75, 3.05) is 33.7 Å². The Morgan fingerprint density at radius 3 is 2.31 bits per heavy atom. The summed E-state index contributed by atoms with van der Waals surface area (Å²) >= 11 is 0. The average molecular weight is 496 g/mol. The molecule has 4 rings (SSSR count). The number of ether oxygens (including phenoxy) is 2. The van der Waals surface area contributed by atoms with Gasteiger partial charge in [0.1, 0.15) is 17.6 Å². The Labute approximate surface area is 210 Å². The zero-order chi connectivity index (χ0) is 25.8. The van der Waals surface area contributed by atoms with E-state index in [-0.39, 0.29) is 18.1 Å². The number of guanidine groups is 1. The highest BCUT2D eigenvalue weighted by atomic mass is 16.5. The SMILES string of the molecule is CN(C)C(=O)N1CCC(Oc2ccc(C(Oc3ccc4c(c3)CN(C(=N)N)CC4)C(=O)O)cc2)CC1. The number of nitrogens with two attached hydrogens (primary N) is 1. The first-order valence-corrected chi connectivity index (χ1v) is 12.0. The number of piperidine rings is 1. The van der Waals surface area contributed by atoms with Crippen molar-refractivity contribution in [1.29, 1.82) is 5.41 Å². The number of likely N-dealkylation sites (tertiary alicyclic amines) is 1. The third-order valence-corrected chi connectivity index (χ3v) is 6.59. The minimum absolute atomic E-state index is 0.00125. The zero-order valence-corrected chi connectivity index (χ0v) is 20.6. The van der Waals surface area contributed by atoms with Crippen LogP contribution in [0.1, 0.15) is 35.6 Å². The molecular formula is C26H33N5O5. The Bertz CT molecular complexity index is 1110. The van der Waals surface area contributed by atoms with Crippen LogP contribution in [-0.4, -0.2) is 77.6 Å². The van der Waals surface area contributed by atoms with Crippen molar-refractivity contribution < 1.29 is 24.2 Å². The van der Waals surface area contributed by atoms with Gasteiger partial charge in [0.15, 0.2) is 5.96 Å². The molecule has 10 heteroatoms. The minimum Gasteiger partial charge on any atom is -0.490 e. The molecule has 0 saturated carbocycles. The summed E-state index contributed by atoms with van der Waals surface area (Å²) in [5, 5.41) is 17.5. The van der Waals surface area contributed by atoms with E-state index in [1.54, 1.807) is 54.2 Å². The van der Waals surface area contributed by atoms with Crippen molar-refractivity contribution in [3.63, 3.8) is 0 Å². The van der Waals surface area contributed by atoms with Crippen LogP contribution < -0.4 is 15.2 Å². The number of nitrogens with zero attached hydrogens (tertiary/aromatic N) is 3. The van der Waals surface area contributed by atoms with E-state index in [9.17, 15) is 14.7 Å². The van der Waals surface area contributed by atoms with E-state index in [4.69, 9.17) is 20.6 Å². The molecule has 2 aromatic carbocycles. The molecule has 0 spiro atoms. The highest BCUT2D eigenvalue weighted by molar-refractivity contribution is 5.76. The summed E-state index contributed by atoms with van der Waals surface area (Å²) in [7, 11) is 3.49. The number of rotatable bonds is 6. The molecule has 1 atom stereocenters. The van der Waals surface area contributed by atoms with Gasteiger partial charge in [-0.25, -0.2) is 9.59 Å². The van der Waals surface area contributed by atoms with E-state index in [0.717, 1.165) is 30.4 Å². The number of hydrogen-bond acceptors (Lipinski definition) is 5. The molecular weight excluding hydrogens is 462 g/mol. The molecule has 2 aliphatic heterocycles. The molecule has 2 amide bonds. The molecule has 0 aliphatic carbocycles. The van der Waals surface area contributed by atoms with E-state index in [2.05, 4.69) is 0 Å². The molecule has 0 radical (unpaired) electrons. The van der Waals surface area contributed by atoms with Crippen LogP contribution in [0.2, 0.25) is 0 Å². The third kappa shape index (κ3) is 5.81. The number of carbonyl (C=O) groups is 2. The summed E-state index contributed by atoms with van der Waals surface area (Å²) in [6.45, 7) is 2.45. The van der Waals surface area contributed by atoms with Gasteiger partial charge in [0.2, 0.25) is 6.10 Å². The van der Waals surface area contributed by atoms with Gasteiger partial charge in [-0.2, -0.15) is 0 Å². The Kier molecular flexibility index (Phi) is 7.52. The van der Waals surface area contributed by atoms with Crippen molar-refractivity contribution in [1.82, 2.24) is 14.7 Å². The Balaban J connectivity index is 1.38. The Morgan fingerprint density at radius 1 is 1.03 bits per heavy atom. The predicted octanol–water partition coefficient (Wildman–Crippen LogP) is 2.67. The molecule has 0 aromatic heterocycles. The lowest BCUT2D eigenvalue weighted by Crippen LogP contribution is -2.46. The number of hydrogen-bond donors (Lipinski definition) is 3. The molecule has 1 fully saturated rings. The van der Waals surface area contributed by atoms with Crippen LogP contribution in [0.15, 0.2) is 42.5 Å². The zero-order valence-electron chi connectivity index (χ0n) is 20.6. The van der Waals surface area contributed by atoms with Gasteiger partial charge in [0.25, 0.3) is 0 Å². The summed E-state index contributed by atoms with van der Waals surface area (Å²) in [5.41, 5.74) is 8.25. The first-order valence-electron chi connectivity index (χ1n) is 12.0. The number of benzene rings is 2. The maximum atomic E-state index is 12.1. The normalized spacial score (nSPS) is 16.6. The first kappa shape index (κ1) is 25.2. The quantitative estimate of drug-likeness (QED) is 0.415. The average Bonchev–Trinajstić information content (AvgIpc) is 2.87. The second-order valence-corrected chi connectivity index (χ2v) is 9.37. The molecule has 1 unspecified atom stereocenters. The molecule has 192 valence electrons. The van der Waals surface area contributed by atoms with Crippen LogP contribution >= 0.6 is 0 Å². The second-order valence-electron chi connectivity index (χ2n) is 9.37. The van der Waals surface area contributed by atoms with Crippen molar-refractivity contribution in [3.05, 3.63) is 59.2 Å². The molecule has 2 aromatic rings. The fourth-order valence-corrected chi connectivity index (χ4v) is 4.57. The second kappa shape index (κ2) is 10.8. The highest BCUT2D eigenvalue weighted by Crippen LogP contribution is 2.29. The lowest BCUT2D eigenvalue weighted by atomic mass is 9.99. The van der Waals surface area contributed by atoms with E-state index in [1.807, 2.05) is 17.0 Å². The number of carbonyl (C=O) groups excluding carboxylic acids is 1. The topological polar surface area (TPSA) is 132 Å². The van der Waals surface area contributed by atoms with E-state index < -0.39 is 12.1 Å². The summed E-state index contributed by atoms with van der Waals surface area (Å²) < 4.78 is 12.0. The monoisotopic (exact) mass is 495 g/mol. The summed E-state index contributed by atoms with van der Waals surface area (Å²) in [5.74, 6) is 0.0271. The molecule has 2 aliphatic rings. The Morgan fingerprint density at radius 2 is 1.69 bits per heavy atom. The van der Waals surface area contributed by atoms with Crippen molar-refractivity contribution >= 4 is 18.0 Å². The lowest BCUT2D eigenvalue weighted by Gasteiger charge is -2.33. The fraction of sp³-hybridized carbons (Fsp3) is 0.423. The van der Waals surface area contributed by atoms with Crippen LogP contribution in [0.25, 0.3) is 0 Å². The number of fused-ring (bicyclic) bond motifs is 1. The van der Waals surface area contributed by atoms with E-state index in [0.29, 0.717) is 43.2 Å². The lowest BCUT2D eigenvalue weighted by molar-refractivity contribution is -0.145. The molecule has 2 heterocycles. The summed E-state index contributed by atoms with van der Waals surface area (Å²) in [6, 6.07) is 12.5. The fourth-order valence-electron chi connectivity index (χ4n) is 4.57. The van der Waals surface area contributed by atoms with Crippen LogP contribution in [-0.2, 0) is 17.8 Å². The van der Waals surface area contributed by atoms with Crippen molar-refractivity contribution in [2.24, 2.45) is 5.73 Å². The van der Waals surface area contributed by atoms with Gasteiger partial charge in [0.05, 0.1) is 0 Å². The van der Waals surface area contributed by atoms with E-state index in [1.165, 1.54) is 0 Å². The van der Waals surface area contributed by atoms with E-state index >= 15 is 0 Å². The number of carboxylic acids is 1. The van der Waals surface area contributed by atoms with Gasteiger partial charge in [-0.3, -0.25) is 5.41 Å². The van der Waals surface area contributed by atoms with Gasteiger partial charge in [-0.05, 0) is 41.8 Å². The molecule has 0 bridgehead atoms. The molecule has 36 heavy (non-hydrogen) atoms. The third-order valence-electron chi connectivity index (χ3n) is 6.59. The van der Waals surface area contributed by atoms with Gasteiger partial charge in [0, 0.05) is 58.7 Å². The molecule has 4 N–H and O–H groups in total. The van der Waals surface area contributed by atoms with Gasteiger partial charge in [-0.15, -0.1) is 0 Å². The van der Waals surface area contributed by atoms with Crippen LogP contribution in [0.5, 0.6) is 11.5 Å². The maximum absolute atomic E-state index is 12.1. The Hall–Kier alpha value is -3.95. The number of nitrogens with one attached hydrogen (secondary N) is 1. The number of aliphatic carboxylic acids is 1. The standard InChI is InChI=1S/C26H33N5O5/c1-29(2)26(34)30-13-10-21(11-14-30)35-20-6-4-18(5-7-20)23(24(32)33)36-22-8-3-17-9-12-31(25(27)28)16-19(17)15-22/h3-8,15,21,23H,9-14,16H2,1-2H3,(H3,27,28)(H,32,33). The largest absolute Gasteiger partial charge is 0.490 e.